The standard InChI is InChI=1S/C13H18FN3O/c1-10-13(18)17(9-8-16(10)7-6-15)12-5-3-2-4-11(12)14/h2-5,10H,6-9,15H2,1H3. The number of benzene rings is 1. The van der Waals surface area contributed by atoms with E-state index in [2.05, 4.69) is 0 Å². The molecule has 4 nitrogen and oxygen atoms in total. The molecule has 98 valence electrons. The molecule has 1 unspecified atom stereocenters. The van der Waals surface area contributed by atoms with E-state index >= 15 is 0 Å². The Hall–Kier alpha value is -1.46. The first-order valence-corrected chi connectivity index (χ1v) is 6.15. The SMILES string of the molecule is CC1C(=O)N(c2ccccc2F)CCN1CCN. The molecule has 2 rings (SSSR count). The molecule has 5 heteroatoms. The van der Waals surface area contributed by atoms with Gasteiger partial charge in [-0.05, 0) is 19.1 Å². The van der Waals surface area contributed by atoms with Crippen LogP contribution >= 0.6 is 0 Å². The lowest BCUT2D eigenvalue weighted by Gasteiger charge is -2.38. The third kappa shape index (κ3) is 2.37. The third-order valence-electron chi connectivity index (χ3n) is 3.34. The van der Waals surface area contributed by atoms with Gasteiger partial charge in [-0.2, -0.15) is 0 Å². The molecule has 0 aromatic heterocycles. The second-order valence-electron chi connectivity index (χ2n) is 4.44. The largest absolute Gasteiger partial charge is 0.329 e. The van der Waals surface area contributed by atoms with Crippen LogP contribution in [0, 0.1) is 5.82 Å². The molecule has 1 aromatic rings. The van der Waals surface area contributed by atoms with Crippen molar-refractivity contribution in [2.24, 2.45) is 5.73 Å². The van der Waals surface area contributed by atoms with E-state index in [1.54, 1.807) is 18.2 Å². The van der Waals surface area contributed by atoms with Crippen molar-refractivity contribution in [2.75, 3.05) is 31.1 Å². The van der Waals surface area contributed by atoms with Crippen molar-refractivity contribution in [2.45, 2.75) is 13.0 Å². The molecule has 1 saturated heterocycles. The van der Waals surface area contributed by atoms with Gasteiger partial charge in [0.05, 0.1) is 11.7 Å². The Balaban J connectivity index is 2.18. The van der Waals surface area contributed by atoms with Crippen molar-refractivity contribution in [3.63, 3.8) is 0 Å². The highest BCUT2D eigenvalue weighted by Crippen LogP contribution is 2.22. The molecule has 1 atom stereocenters. The summed E-state index contributed by atoms with van der Waals surface area (Å²) in [7, 11) is 0. The van der Waals surface area contributed by atoms with Gasteiger partial charge < -0.3 is 10.6 Å². The number of piperazine rings is 1. The minimum atomic E-state index is -0.356. The van der Waals surface area contributed by atoms with Crippen LogP contribution < -0.4 is 10.6 Å². The molecule has 0 saturated carbocycles. The van der Waals surface area contributed by atoms with E-state index in [-0.39, 0.29) is 17.8 Å². The smallest absolute Gasteiger partial charge is 0.244 e. The van der Waals surface area contributed by atoms with Crippen LogP contribution in [-0.2, 0) is 4.79 Å². The molecule has 0 bridgehead atoms. The molecule has 0 aliphatic carbocycles. The number of hydrogen-bond donors (Lipinski definition) is 1. The molecule has 1 heterocycles. The lowest BCUT2D eigenvalue weighted by atomic mass is 10.1. The second kappa shape index (κ2) is 5.46. The Morgan fingerprint density at radius 1 is 1.39 bits per heavy atom. The minimum Gasteiger partial charge on any atom is -0.329 e. The number of amides is 1. The van der Waals surface area contributed by atoms with Crippen molar-refractivity contribution in [3.8, 4) is 0 Å². The molecule has 0 spiro atoms. The van der Waals surface area contributed by atoms with E-state index in [4.69, 9.17) is 5.73 Å². The van der Waals surface area contributed by atoms with Gasteiger partial charge in [0.25, 0.3) is 0 Å². The van der Waals surface area contributed by atoms with E-state index in [9.17, 15) is 9.18 Å². The third-order valence-corrected chi connectivity index (χ3v) is 3.34. The number of carbonyl (C=O) groups excluding carboxylic acids is 1. The summed E-state index contributed by atoms with van der Waals surface area (Å²) in [6, 6.07) is 6.12. The lowest BCUT2D eigenvalue weighted by Crippen LogP contribution is -2.57. The van der Waals surface area contributed by atoms with E-state index in [1.165, 1.54) is 11.0 Å². The highest BCUT2D eigenvalue weighted by atomic mass is 19.1. The molecule has 1 fully saturated rings. The topological polar surface area (TPSA) is 49.6 Å². The molecular formula is C13H18FN3O. The first-order chi connectivity index (χ1) is 8.65. The van der Waals surface area contributed by atoms with Gasteiger partial charge >= 0.3 is 0 Å². The normalized spacial score (nSPS) is 21.4. The fourth-order valence-corrected chi connectivity index (χ4v) is 2.30. The Morgan fingerprint density at radius 2 is 2.11 bits per heavy atom. The van der Waals surface area contributed by atoms with Crippen LogP contribution in [0.15, 0.2) is 24.3 Å². The number of nitrogens with zero attached hydrogens (tertiary/aromatic N) is 2. The summed E-state index contributed by atoms with van der Waals surface area (Å²) in [6.45, 7) is 4.28. The van der Waals surface area contributed by atoms with Gasteiger partial charge in [-0.25, -0.2) is 4.39 Å². The van der Waals surface area contributed by atoms with Gasteiger partial charge in [0.2, 0.25) is 5.91 Å². The molecule has 0 radical (unpaired) electrons. The number of carbonyl (C=O) groups is 1. The van der Waals surface area contributed by atoms with E-state index in [0.717, 1.165) is 6.54 Å². The lowest BCUT2D eigenvalue weighted by molar-refractivity contribution is -0.125. The highest BCUT2D eigenvalue weighted by molar-refractivity contribution is 5.97. The Bertz CT molecular complexity index is 438. The number of halogens is 1. The summed E-state index contributed by atoms with van der Waals surface area (Å²) in [5.74, 6) is -0.426. The minimum absolute atomic E-state index is 0.0696. The van der Waals surface area contributed by atoms with Crippen LogP contribution in [0.5, 0.6) is 0 Å². The van der Waals surface area contributed by atoms with E-state index < -0.39 is 0 Å². The van der Waals surface area contributed by atoms with Crippen molar-refractivity contribution < 1.29 is 9.18 Å². The van der Waals surface area contributed by atoms with Crippen LogP contribution in [0.2, 0.25) is 0 Å². The highest BCUT2D eigenvalue weighted by Gasteiger charge is 2.32. The first kappa shape index (κ1) is 13.0. The second-order valence-corrected chi connectivity index (χ2v) is 4.44. The summed E-state index contributed by atoms with van der Waals surface area (Å²) in [4.78, 5) is 15.8. The van der Waals surface area contributed by atoms with Gasteiger partial charge in [-0.3, -0.25) is 9.69 Å². The zero-order chi connectivity index (χ0) is 13.1. The zero-order valence-corrected chi connectivity index (χ0v) is 10.5. The average Bonchev–Trinajstić information content (AvgIpc) is 2.37. The number of anilines is 1. The molecule has 1 aliphatic rings. The van der Waals surface area contributed by atoms with Crippen molar-refractivity contribution in [3.05, 3.63) is 30.1 Å². The van der Waals surface area contributed by atoms with Gasteiger partial charge in [-0.15, -0.1) is 0 Å². The number of rotatable bonds is 3. The monoisotopic (exact) mass is 251 g/mol. The molecular weight excluding hydrogens is 233 g/mol. The van der Waals surface area contributed by atoms with Gasteiger partial charge in [-0.1, -0.05) is 12.1 Å². The first-order valence-electron chi connectivity index (χ1n) is 6.15. The van der Waals surface area contributed by atoms with Crippen molar-refractivity contribution >= 4 is 11.6 Å². The number of nitrogens with two attached hydrogens (primary N) is 1. The van der Waals surface area contributed by atoms with Crippen LogP contribution in [-0.4, -0.2) is 43.0 Å². The van der Waals surface area contributed by atoms with Crippen LogP contribution in [0.3, 0.4) is 0 Å². The molecule has 2 N–H and O–H groups in total. The van der Waals surface area contributed by atoms with Gasteiger partial charge in [0.1, 0.15) is 5.82 Å². The maximum absolute atomic E-state index is 13.7. The molecule has 18 heavy (non-hydrogen) atoms. The van der Waals surface area contributed by atoms with Crippen molar-refractivity contribution in [1.29, 1.82) is 0 Å². The molecule has 1 aliphatic heterocycles. The Morgan fingerprint density at radius 3 is 2.78 bits per heavy atom. The van der Waals surface area contributed by atoms with Crippen molar-refractivity contribution in [1.82, 2.24) is 4.90 Å². The molecule has 1 aromatic carbocycles. The van der Waals surface area contributed by atoms with Crippen LogP contribution in [0.1, 0.15) is 6.92 Å². The predicted molar refractivity (Wildman–Crippen MR) is 68.8 cm³/mol. The summed E-state index contributed by atoms with van der Waals surface area (Å²) < 4.78 is 13.7. The van der Waals surface area contributed by atoms with E-state index in [0.29, 0.717) is 25.3 Å². The summed E-state index contributed by atoms with van der Waals surface area (Å²) in [6.07, 6.45) is 0. The maximum Gasteiger partial charge on any atom is 0.244 e. The fourth-order valence-electron chi connectivity index (χ4n) is 2.30. The van der Waals surface area contributed by atoms with E-state index in [1.807, 2.05) is 11.8 Å². The molecule has 1 amide bonds. The summed E-state index contributed by atoms with van der Waals surface area (Å²) >= 11 is 0. The predicted octanol–water partition coefficient (Wildman–Crippen LogP) is 0.821. The van der Waals surface area contributed by atoms with Crippen LogP contribution in [0.4, 0.5) is 10.1 Å². The number of hydrogen-bond acceptors (Lipinski definition) is 3. The quantitative estimate of drug-likeness (QED) is 0.865. The van der Waals surface area contributed by atoms with Gasteiger partial charge in [0.15, 0.2) is 0 Å². The maximum atomic E-state index is 13.7. The average molecular weight is 251 g/mol. The fraction of sp³-hybridized carbons (Fsp3) is 0.462. The zero-order valence-electron chi connectivity index (χ0n) is 10.5. The number of para-hydroxylation sites is 1. The Kier molecular flexibility index (Phi) is 3.93. The Labute approximate surface area is 106 Å². The van der Waals surface area contributed by atoms with Crippen LogP contribution in [0.25, 0.3) is 0 Å². The van der Waals surface area contributed by atoms with Gasteiger partial charge in [0, 0.05) is 26.2 Å². The summed E-state index contributed by atoms with van der Waals surface area (Å²) in [5, 5.41) is 0. The summed E-state index contributed by atoms with van der Waals surface area (Å²) in [5.41, 5.74) is 5.87.